The number of nitrogens with two attached hydrogens (primary N) is 1. The van der Waals surface area contributed by atoms with E-state index in [2.05, 4.69) is 4.98 Å². The first-order valence-electron chi connectivity index (χ1n) is 10.6. The number of hydrogen-bond donors (Lipinski definition) is 2. The summed E-state index contributed by atoms with van der Waals surface area (Å²) in [5, 5.41) is 1.84. The second-order valence-electron chi connectivity index (χ2n) is 7.70. The third kappa shape index (κ3) is 4.94. The molecular formula is C21H29N5O5S. The minimum atomic E-state index is -0.716. The summed E-state index contributed by atoms with van der Waals surface area (Å²) in [6.45, 7) is 3.30. The molecule has 3 heterocycles. The van der Waals surface area contributed by atoms with E-state index in [4.69, 9.17) is 10.5 Å². The fourth-order valence-corrected chi connectivity index (χ4v) is 4.63. The molecule has 10 nitrogen and oxygen atoms in total. The fourth-order valence-electron chi connectivity index (χ4n) is 3.94. The van der Waals surface area contributed by atoms with E-state index in [0.29, 0.717) is 37.2 Å². The molecule has 11 heteroatoms. The van der Waals surface area contributed by atoms with Crippen molar-refractivity contribution in [1.82, 2.24) is 14.5 Å². The quantitative estimate of drug-likeness (QED) is 0.603. The van der Waals surface area contributed by atoms with Crippen LogP contribution in [-0.2, 0) is 16.1 Å². The summed E-state index contributed by atoms with van der Waals surface area (Å²) in [5.74, 6) is -0.957. The van der Waals surface area contributed by atoms with Crippen molar-refractivity contribution in [2.75, 3.05) is 44.0 Å². The molecule has 174 valence electrons. The van der Waals surface area contributed by atoms with Crippen LogP contribution in [0, 0.1) is 5.92 Å². The number of nitrogen functional groups attached to an aromatic ring is 1. The Hall–Kier alpha value is -2.92. The summed E-state index contributed by atoms with van der Waals surface area (Å²) in [6.07, 6.45) is 1.89. The van der Waals surface area contributed by atoms with Gasteiger partial charge in [-0.25, -0.2) is 4.79 Å². The van der Waals surface area contributed by atoms with E-state index in [1.807, 2.05) is 18.4 Å². The van der Waals surface area contributed by atoms with Crippen molar-refractivity contribution in [2.45, 2.75) is 32.7 Å². The van der Waals surface area contributed by atoms with Gasteiger partial charge in [0.15, 0.2) is 5.69 Å². The van der Waals surface area contributed by atoms with Crippen LogP contribution in [0.3, 0.4) is 0 Å². The zero-order valence-electron chi connectivity index (χ0n) is 18.3. The van der Waals surface area contributed by atoms with E-state index >= 15 is 0 Å². The molecule has 1 unspecified atom stereocenters. The SMILES string of the molecule is CCCn1c(N)c(N(CCOC)C(=O)C2CCCN(C(=O)c3cccs3)C2)c(=O)[nH]c1=O. The molecule has 3 rings (SSSR count). The Labute approximate surface area is 189 Å². The number of carbonyl (C=O) groups excluding carboxylic acids is 2. The molecule has 2 aromatic heterocycles. The van der Waals surface area contributed by atoms with E-state index in [0.717, 1.165) is 0 Å². The van der Waals surface area contributed by atoms with Gasteiger partial charge in [-0.1, -0.05) is 13.0 Å². The smallest absolute Gasteiger partial charge is 0.330 e. The minimum Gasteiger partial charge on any atom is -0.383 e. The number of nitrogens with one attached hydrogen (secondary N) is 1. The number of carbonyl (C=O) groups is 2. The lowest BCUT2D eigenvalue weighted by Crippen LogP contribution is -2.49. The Bertz CT molecular complexity index is 1060. The Morgan fingerprint density at radius 3 is 2.81 bits per heavy atom. The molecule has 3 N–H and O–H groups in total. The van der Waals surface area contributed by atoms with Crippen molar-refractivity contribution in [1.29, 1.82) is 0 Å². The van der Waals surface area contributed by atoms with Crippen LogP contribution in [-0.4, -0.2) is 59.6 Å². The first-order valence-corrected chi connectivity index (χ1v) is 11.5. The lowest BCUT2D eigenvalue weighted by molar-refractivity contribution is -0.123. The molecule has 1 saturated heterocycles. The number of aromatic amines is 1. The second-order valence-corrected chi connectivity index (χ2v) is 8.64. The van der Waals surface area contributed by atoms with Crippen molar-refractivity contribution in [2.24, 2.45) is 5.92 Å². The summed E-state index contributed by atoms with van der Waals surface area (Å²) < 4.78 is 6.40. The average molecular weight is 464 g/mol. The van der Waals surface area contributed by atoms with E-state index in [1.54, 1.807) is 11.0 Å². The lowest BCUT2D eigenvalue weighted by atomic mass is 9.96. The molecule has 0 aliphatic carbocycles. The maximum atomic E-state index is 13.6. The third-order valence-electron chi connectivity index (χ3n) is 5.51. The molecular weight excluding hydrogens is 434 g/mol. The normalized spacial score (nSPS) is 16.2. The van der Waals surface area contributed by atoms with Crippen LogP contribution in [0.15, 0.2) is 27.1 Å². The van der Waals surface area contributed by atoms with Crippen molar-refractivity contribution in [3.8, 4) is 0 Å². The van der Waals surface area contributed by atoms with Gasteiger partial charge in [-0.2, -0.15) is 0 Å². The van der Waals surface area contributed by atoms with Gasteiger partial charge in [0.25, 0.3) is 11.5 Å². The predicted octanol–water partition coefficient (Wildman–Crippen LogP) is 1.12. The van der Waals surface area contributed by atoms with Crippen molar-refractivity contribution in [3.05, 3.63) is 43.2 Å². The fraction of sp³-hybridized carbons (Fsp3) is 0.524. The zero-order chi connectivity index (χ0) is 23.3. The molecule has 1 aliphatic rings. The van der Waals surface area contributed by atoms with E-state index in [9.17, 15) is 19.2 Å². The van der Waals surface area contributed by atoms with Crippen LogP contribution in [0.4, 0.5) is 11.5 Å². The van der Waals surface area contributed by atoms with Crippen LogP contribution >= 0.6 is 11.3 Å². The van der Waals surface area contributed by atoms with Crippen LogP contribution in [0.25, 0.3) is 0 Å². The van der Waals surface area contributed by atoms with Crippen LogP contribution in [0.1, 0.15) is 35.9 Å². The number of hydrogen-bond acceptors (Lipinski definition) is 7. The molecule has 0 spiro atoms. The van der Waals surface area contributed by atoms with E-state index < -0.39 is 17.2 Å². The Balaban J connectivity index is 1.92. The highest BCUT2D eigenvalue weighted by atomic mass is 32.1. The van der Waals surface area contributed by atoms with Gasteiger partial charge < -0.3 is 20.3 Å². The summed E-state index contributed by atoms with van der Waals surface area (Å²) in [7, 11) is 1.50. The van der Waals surface area contributed by atoms with Crippen LogP contribution in [0.5, 0.6) is 0 Å². The van der Waals surface area contributed by atoms with Crippen LogP contribution < -0.4 is 21.9 Å². The number of rotatable bonds is 8. The highest BCUT2D eigenvalue weighted by Crippen LogP contribution is 2.25. The number of H-pyrrole nitrogens is 1. The number of likely N-dealkylation sites (tertiary alicyclic amines) is 1. The number of anilines is 2. The molecule has 0 saturated carbocycles. The number of thiophene rings is 1. The van der Waals surface area contributed by atoms with E-state index in [-0.39, 0.29) is 43.0 Å². The third-order valence-corrected chi connectivity index (χ3v) is 6.36. The molecule has 2 aromatic rings. The largest absolute Gasteiger partial charge is 0.383 e. The number of aromatic nitrogens is 2. The number of ether oxygens (including phenoxy) is 1. The molecule has 1 fully saturated rings. The number of piperidine rings is 1. The highest BCUT2D eigenvalue weighted by molar-refractivity contribution is 7.12. The number of methoxy groups -OCH3 is 1. The average Bonchev–Trinajstić information content (AvgIpc) is 3.33. The highest BCUT2D eigenvalue weighted by Gasteiger charge is 2.34. The van der Waals surface area contributed by atoms with Crippen molar-refractivity contribution in [3.63, 3.8) is 0 Å². The van der Waals surface area contributed by atoms with Gasteiger partial charge in [-0.05, 0) is 30.7 Å². The second kappa shape index (κ2) is 10.6. The first kappa shape index (κ1) is 23.7. The maximum absolute atomic E-state index is 13.6. The first-order chi connectivity index (χ1) is 15.4. The number of nitrogens with zero attached hydrogens (tertiary/aromatic N) is 3. The van der Waals surface area contributed by atoms with Crippen molar-refractivity contribution < 1.29 is 14.3 Å². The van der Waals surface area contributed by atoms with Gasteiger partial charge in [0.05, 0.1) is 17.4 Å². The van der Waals surface area contributed by atoms with Gasteiger partial charge in [0.1, 0.15) is 5.82 Å². The van der Waals surface area contributed by atoms with Gasteiger partial charge in [-0.15, -0.1) is 11.3 Å². The predicted molar refractivity (Wildman–Crippen MR) is 123 cm³/mol. The molecule has 32 heavy (non-hydrogen) atoms. The summed E-state index contributed by atoms with van der Waals surface area (Å²) in [6, 6.07) is 3.58. The van der Waals surface area contributed by atoms with Gasteiger partial charge in [-0.3, -0.25) is 23.9 Å². The van der Waals surface area contributed by atoms with Crippen LogP contribution in [0.2, 0.25) is 0 Å². The maximum Gasteiger partial charge on any atom is 0.330 e. The standard InChI is InChI=1S/C21H29N5O5S/c1-3-8-26-17(22)16(18(27)23-21(26)30)25(10-11-31-2)19(28)14-6-4-9-24(13-14)20(29)15-7-5-12-32-15/h5,7,12,14H,3-4,6,8-11,13,22H2,1-2H3,(H,23,27,30). The molecule has 1 atom stereocenters. The molecule has 0 bridgehead atoms. The Morgan fingerprint density at radius 1 is 1.38 bits per heavy atom. The Morgan fingerprint density at radius 2 is 2.16 bits per heavy atom. The monoisotopic (exact) mass is 463 g/mol. The minimum absolute atomic E-state index is 0.0487. The van der Waals surface area contributed by atoms with Crippen molar-refractivity contribution >= 4 is 34.7 Å². The molecule has 0 radical (unpaired) electrons. The Kier molecular flexibility index (Phi) is 7.86. The van der Waals surface area contributed by atoms with Gasteiger partial charge in [0.2, 0.25) is 5.91 Å². The zero-order valence-corrected chi connectivity index (χ0v) is 19.2. The number of amides is 2. The molecule has 2 amide bonds. The summed E-state index contributed by atoms with van der Waals surface area (Å²) >= 11 is 1.36. The molecule has 0 aromatic carbocycles. The molecule has 1 aliphatic heterocycles. The topological polar surface area (TPSA) is 131 Å². The van der Waals surface area contributed by atoms with E-state index in [1.165, 1.54) is 27.9 Å². The summed E-state index contributed by atoms with van der Waals surface area (Å²) in [5.41, 5.74) is 4.82. The lowest BCUT2D eigenvalue weighted by Gasteiger charge is -2.35. The summed E-state index contributed by atoms with van der Waals surface area (Å²) in [4.78, 5) is 57.1. The van der Waals surface area contributed by atoms with Gasteiger partial charge in [0, 0.05) is 33.3 Å². The van der Waals surface area contributed by atoms with Gasteiger partial charge >= 0.3 is 5.69 Å².